The first-order valence-corrected chi connectivity index (χ1v) is 8.50. The Labute approximate surface area is 137 Å². The van der Waals surface area contributed by atoms with Gasteiger partial charge >= 0.3 is 0 Å². The average molecular weight is 309 g/mol. The van der Waals surface area contributed by atoms with Crippen LogP contribution in [0.5, 0.6) is 0 Å². The van der Waals surface area contributed by atoms with Crippen molar-refractivity contribution < 1.29 is 10.2 Å². The lowest BCUT2D eigenvalue weighted by Gasteiger charge is -2.50. The Bertz CT molecular complexity index is 662. The molecule has 3 fully saturated rings. The summed E-state index contributed by atoms with van der Waals surface area (Å²) in [5.41, 5.74) is 3.07. The number of fused-ring (bicyclic) bond motifs is 3. The van der Waals surface area contributed by atoms with Crippen molar-refractivity contribution in [1.29, 1.82) is 0 Å². The van der Waals surface area contributed by atoms with Crippen LogP contribution >= 0.6 is 0 Å². The van der Waals surface area contributed by atoms with Gasteiger partial charge in [-0.15, -0.1) is 0 Å². The van der Waals surface area contributed by atoms with Crippen molar-refractivity contribution in [3.8, 4) is 11.1 Å². The molecule has 0 amide bonds. The summed E-state index contributed by atoms with van der Waals surface area (Å²) in [4.78, 5) is 2.26. The average Bonchev–Trinajstić information content (AvgIpc) is 2.63. The van der Waals surface area contributed by atoms with Crippen molar-refractivity contribution in [2.75, 3.05) is 13.1 Å². The maximum absolute atomic E-state index is 11.1. The summed E-state index contributed by atoms with van der Waals surface area (Å²) in [5.74, 6) is 0.337. The number of hydrogen-bond donors (Lipinski definition) is 2. The van der Waals surface area contributed by atoms with Crippen LogP contribution in [0.1, 0.15) is 24.5 Å². The maximum Gasteiger partial charge on any atom is 0.0976 e. The number of aliphatic hydroxyl groups excluding tert-OH is 2. The van der Waals surface area contributed by atoms with Gasteiger partial charge in [0.1, 0.15) is 0 Å². The molecule has 3 saturated heterocycles. The number of nitrogens with zero attached hydrogens (tertiary/aromatic N) is 1. The lowest BCUT2D eigenvalue weighted by Crippen LogP contribution is -2.59. The zero-order chi connectivity index (χ0) is 15.8. The van der Waals surface area contributed by atoms with Gasteiger partial charge in [0.05, 0.1) is 18.2 Å². The predicted octanol–water partition coefficient (Wildman–Crippen LogP) is 2.84. The number of hydrogen-bond acceptors (Lipinski definition) is 3. The molecule has 3 aliphatic rings. The van der Waals surface area contributed by atoms with Crippen LogP contribution in [-0.2, 0) is 0 Å². The Morgan fingerprint density at radius 1 is 0.913 bits per heavy atom. The molecule has 3 unspecified atom stereocenters. The Kier molecular flexibility index (Phi) is 3.93. The van der Waals surface area contributed by atoms with Crippen molar-refractivity contribution in [2.45, 2.75) is 31.1 Å². The zero-order valence-electron chi connectivity index (χ0n) is 13.2. The van der Waals surface area contributed by atoms with Crippen LogP contribution in [0.25, 0.3) is 11.1 Å². The second kappa shape index (κ2) is 6.08. The normalized spacial score (nSPS) is 31.0. The molecule has 2 aromatic carbocycles. The van der Waals surface area contributed by atoms with E-state index < -0.39 is 12.2 Å². The van der Waals surface area contributed by atoms with Crippen molar-refractivity contribution >= 4 is 0 Å². The van der Waals surface area contributed by atoms with Gasteiger partial charge in [0, 0.05) is 0 Å². The highest BCUT2D eigenvalue weighted by atomic mass is 16.3. The van der Waals surface area contributed by atoms with Crippen LogP contribution in [0.4, 0.5) is 0 Å². The van der Waals surface area contributed by atoms with Crippen molar-refractivity contribution in [3.05, 3.63) is 60.2 Å². The third-order valence-corrected chi connectivity index (χ3v) is 5.52. The molecule has 0 aliphatic carbocycles. The van der Waals surface area contributed by atoms with E-state index in [-0.39, 0.29) is 6.04 Å². The molecule has 2 bridgehead atoms. The SMILES string of the molecule is OC(c1ccccc1-c1ccccc1)C1C(O)C2CCN1CC2. The molecule has 23 heavy (non-hydrogen) atoms. The predicted molar refractivity (Wildman–Crippen MR) is 90.9 cm³/mol. The van der Waals surface area contributed by atoms with Crippen molar-refractivity contribution in [1.82, 2.24) is 4.90 Å². The zero-order valence-corrected chi connectivity index (χ0v) is 13.2. The third kappa shape index (κ3) is 2.59. The van der Waals surface area contributed by atoms with E-state index >= 15 is 0 Å². The molecule has 3 atom stereocenters. The summed E-state index contributed by atoms with van der Waals surface area (Å²) < 4.78 is 0. The second-order valence-electron chi connectivity index (χ2n) is 6.75. The van der Waals surface area contributed by atoms with Gasteiger partial charge in [-0.1, -0.05) is 54.6 Å². The monoisotopic (exact) mass is 309 g/mol. The van der Waals surface area contributed by atoms with Crippen molar-refractivity contribution in [3.63, 3.8) is 0 Å². The van der Waals surface area contributed by atoms with Crippen LogP contribution in [0.3, 0.4) is 0 Å². The van der Waals surface area contributed by atoms with Crippen LogP contribution < -0.4 is 0 Å². The smallest absolute Gasteiger partial charge is 0.0976 e. The molecule has 3 nitrogen and oxygen atoms in total. The standard InChI is InChI=1S/C20H23NO2/c22-19-15-10-12-21(13-11-15)18(19)20(23)17-9-5-4-8-16(17)14-6-2-1-3-7-14/h1-9,15,18-20,22-23H,10-13H2. The van der Waals surface area contributed by atoms with E-state index in [1.165, 1.54) is 0 Å². The highest BCUT2D eigenvalue weighted by Gasteiger charge is 2.45. The highest BCUT2D eigenvalue weighted by Crippen LogP contribution is 2.40. The van der Waals surface area contributed by atoms with Gasteiger partial charge in [-0.3, -0.25) is 4.90 Å². The second-order valence-corrected chi connectivity index (χ2v) is 6.75. The summed E-state index contributed by atoms with van der Waals surface area (Å²) in [6, 6.07) is 18.0. The first kappa shape index (κ1) is 14.9. The summed E-state index contributed by atoms with van der Waals surface area (Å²) in [6.07, 6.45) is 0.996. The molecule has 5 rings (SSSR count). The van der Waals surface area contributed by atoms with Crippen LogP contribution in [0.15, 0.2) is 54.6 Å². The van der Waals surface area contributed by atoms with Gasteiger partial charge in [0.25, 0.3) is 0 Å². The fourth-order valence-corrected chi connectivity index (χ4v) is 4.26. The van der Waals surface area contributed by atoms with E-state index in [4.69, 9.17) is 0 Å². The molecule has 3 heterocycles. The largest absolute Gasteiger partial charge is 0.391 e. The topological polar surface area (TPSA) is 43.7 Å². The van der Waals surface area contributed by atoms with E-state index in [0.717, 1.165) is 42.6 Å². The van der Waals surface area contributed by atoms with Crippen LogP contribution in [0, 0.1) is 5.92 Å². The first-order chi connectivity index (χ1) is 11.3. The Hall–Kier alpha value is -1.68. The highest BCUT2D eigenvalue weighted by molar-refractivity contribution is 5.67. The molecule has 0 aromatic heterocycles. The molecule has 0 saturated carbocycles. The molecule has 3 heteroatoms. The summed E-state index contributed by atoms with van der Waals surface area (Å²) in [6.45, 7) is 1.97. The molecular formula is C20H23NO2. The summed E-state index contributed by atoms with van der Waals surface area (Å²) in [5, 5.41) is 21.7. The Balaban J connectivity index is 1.71. The van der Waals surface area contributed by atoms with Crippen LogP contribution in [-0.4, -0.2) is 40.3 Å². The summed E-state index contributed by atoms with van der Waals surface area (Å²) in [7, 11) is 0. The van der Waals surface area contributed by atoms with Crippen molar-refractivity contribution in [2.24, 2.45) is 5.92 Å². The lowest BCUT2D eigenvalue weighted by atomic mass is 9.77. The van der Waals surface area contributed by atoms with Gasteiger partial charge in [0.2, 0.25) is 0 Å². The van der Waals surface area contributed by atoms with E-state index in [2.05, 4.69) is 23.1 Å². The molecular weight excluding hydrogens is 286 g/mol. The lowest BCUT2D eigenvalue weighted by molar-refractivity contribution is -0.115. The van der Waals surface area contributed by atoms with E-state index in [9.17, 15) is 10.2 Å². The minimum absolute atomic E-state index is 0.188. The van der Waals surface area contributed by atoms with E-state index in [0.29, 0.717) is 5.92 Å². The fraction of sp³-hybridized carbons (Fsp3) is 0.400. The molecule has 0 spiro atoms. The quantitative estimate of drug-likeness (QED) is 0.916. The molecule has 0 radical (unpaired) electrons. The molecule has 3 aliphatic heterocycles. The minimum atomic E-state index is -0.662. The van der Waals surface area contributed by atoms with E-state index in [1.54, 1.807) is 0 Å². The van der Waals surface area contributed by atoms with Gasteiger partial charge in [-0.25, -0.2) is 0 Å². The maximum atomic E-state index is 11.1. The summed E-state index contributed by atoms with van der Waals surface area (Å²) >= 11 is 0. The first-order valence-electron chi connectivity index (χ1n) is 8.50. The third-order valence-electron chi connectivity index (χ3n) is 5.52. The number of aliphatic hydroxyl groups is 2. The fourth-order valence-electron chi connectivity index (χ4n) is 4.26. The van der Waals surface area contributed by atoms with E-state index in [1.807, 2.05) is 36.4 Å². The van der Waals surface area contributed by atoms with Gasteiger partial charge in [0.15, 0.2) is 0 Å². The molecule has 2 N–H and O–H groups in total. The number of rotatable bonds is 3. The Morgan fingerprint density at radius 2 is 1.57 bits per heavy atom. The molecule has 2 aromatic rings. The van der Waals surface area contributed by atoms with Gasteiger partial charge < -0.3 is 10.2 Å². The Morgan fingerprint density at radius 3 is 2.26 bits per heavy atom. The van der Waals surface area contributed by atoms with Crippen LogP contribution in [0.2, 0.25) is 0 Å². The number of benzene rings is 2. The van der Waals surface area contributed by atoms with Gasteiger partial charge in [-0.2, -0.15) is 0 Å². The van der Waals surface area contributed by atoms with Gasteiger partial charge in [-0.05, 0) is 48.5 Å². The number of piperidine rings is 3. The minimum Gasteiger partial charge on any atom is -0.391 e. The molecule has 120 valence electrons.